The lowest BCUT2D eigenvalue weighted by Crippen LogP contribution is -2.33. The van der Waals surface area contributed by atoms with E-state index < -0.39 is 0 Å². The first-order chi connectivity index (χ1) is 10.1. The van der Waals surface area contributed by atoms with Crippen LogP contribution in [0.3, 0.4) is 0 Å². The van der Waals surface area contributed by atoms with E-state index in [1.807, 2.05) is 17.0 Å². The quantitative estimate of drug-likeness (QED) is 0.868. The number of fused-ring (bicyclic) bond motifs is 1. The number of likely N-dealkylation sites (tertiary alicyclic amines) is 1. The van der Waals surface area contributed by atoms with Crippen molar-refractivity contribution >= 4 is 53.3 Å². The Morgan fingerprint density at radius 1 is 1.27 bits per heavy atom. The molecule has 0 bridgehead atoms. The minimum atomic E-state index is 0. The first-order valence-electron chi connectivity index (χ1n) is 7.13. The molecule has 1 aromatic rings. The van der Waals surface area contributed by atoms with E-state index in [0.717, 1.165) is 37.5 Å². The van der Waals surface area contributed by atoms with E-state index in [1.54, 1.807) is 17.8 Å². The number of nitrogens with one attached hydrogen (secondary N) is 1. The molecule has 0 aliphatic carbocycles. The van der Waals surface area contributed by atoms with Gasteiger partial charge in [-0.15, -0.1) is 24.2 Å². The van der Waals surface area contributed by atoms with Gasteiger partial charge in [0.1, 0.15) is 0 Å². The number of hydrogen-bond acceptors (Lipinski definition) is 3. The van der Waals surface area contributed by atoms with Crippen LogP contribution < -0.4 is 5.32 Å². The van der Waals surface area contributed by atoms with Crippen LogP contribution in [0.5, 0.6) is 0 Å². The van der Waals surface area contributed by atoms with Gasteiger partial charge in [-0.3, -0.25) is 4.79 Å². The predicted molar refractivity (Wildman–Crippen MR) is 96.3 cm³/mol. The van der Waals surface area contributed by atoms with Crippen molar-refractivity contribution in [2.45, 2.75) is 5.75 Å². The van der Waals surface area contributed by atoms with Gasteiger partial charge in [0.05, 0.1) is 5.75 Å². The highest BCUT2D eigenvalue weighted by molar-refractivity contribution is 7.99. The van der Waals surface area contributed by atoms with Gasteiger partial charge in [0.15, 0.2) is 0 Å². The molecule has 2 aliphatic heterocycles. The molecule has 7 heteroatoms. The van der Waals surface area contributed by atoms with Gasteiger partial charge in [-0.05, 0) is 29.5 Å². The summed E-state index contributed by atoms with van der Waals surface area (Å²) in [5, 5.41) is 4.70. The summed E-state index contributed by atoms with van der Waals surface area (Å²) in [5.74, 6) is 2.82. The Morgan fingerprint density at radius 2 is 1.95 bits per heavy atom. The molecule has 1 amide bonds. The lowest BCUT2D eigenvalue weighted by Gasteiger charge is -2.17. The van der Waals surface area contributed by atoms with Crippen LogP contribution in [0, 0.1) is 11.8 Å². The maximum absolute atomic E-state index is 12.2. The van der Waals surface area contributed by atoms with Crippen molar-refractivity contribution in [3.63, 3.8) is 0 Å². The molecule has 2 fully saturated rings. The maximum Gasteiger partial charge on any atom is 0.232 e. The lowest BCUT2D eigenvalue weighted by molar-refractivity contribution is -0.127. The second-order valence-corrected chi connectivity index (χ2v) is 7.53. The fraction of sp³-hybridized carbons (Fsp3) is 0.533. The smallest absolute Gasteiger partial charge is 0.232 e. The van der Waals surface area contributed by atoms with Crippen molar-refractivity contribution in [2.75, 3.05) is 31.9 Å². The maximum atomic E-state index is 12.2. The fourth-order valence-corrected chi connectivity index (χ4v) is 4.52. The molecule has 2 heterocycles. The van der Waals surface area contributed by atoms with Crippen molar-refractivity contribution < 1.29 is 4.79 Å². The van der Waals surface area contributed by atoms with Gasteiger partial charge < -0.3 is 10.2 Å². The Morgan fingerprint density at radius 3 is 2.59 bits per heavy atom. The lowest BCUT2D eigenvalue weighted by atomic mass is 10.0. The molecule has 3 nitrogen and oxygen atoms in total. The minimum Gasteiger partial charge on any atom is -0.341 e. The zero-order chi connectivity index (χ0) is 14.8. The molecule has 0 unspecified atom stereocenters. The van der Waals surface area contributed by atoms with Gasteiger partial charge in [-0.2, -0.15) is 0 Å². The molecule has 22 heavy (non-hydrogen) atoms. The molecule has 122 valence electrons. The number of amides is 1. The fourth-order valence-electron chi connectivity index (χ4n) is 3.04. The third-order valence-electron chi connectivity index (χ3n) is 4.24. The van der Waals surface area contributed by atoms with E-state index in [-0.39, 0.29) is 18.3 Å². The van der Waals surface area contributed by atoms with E-state index in [4.69, 9.17) is 23.2 Å². The highest BCUT2D eigenvalue weighted by atomic mass is 35.5. The average molecular weight is 382 g/mol. The summed E-state index contributed by atoms with van der Waals surface area (Å²) in [6, 6.07) is 5.50. The SMILES string of the molecule is Cl.O=C(CSCc1ccc(Cl)cc1Cl)N1C[C@H]2CNC[C@H]2C1. The van der Waals surface area contributed by atoms with Gasteiger partial charge in [-0.1, -0.05) is 29.3 Å². The summed E-state index contributed by atoms with van der Waals surface area (Å²) in [6.45, 7) is 3.95. The van der Waals surface area contributed by atoms with Gasteiger partial charge >= 0.3 is 0 Å². The molecule has 1 aromatic carbocycles. The second kappa shape index (κ2) is 8.11. The minimum absolute atomic E-state index is 0. The molecule has 2 saturated heterocycles. The van der Waals surface area contributed by atoms with Crippen LogP contribution in [-0.4, -0.2) is 42.7 Å². The number of hydrogen-bond donors (Lipinski definition) is 1. The van der Waals surface area contributed by atoms with Crippen molar-refractivity contribution in [2.24, 2.45) is 11.8 Å². The van der Waals surface area contributed by atoms with Gasteiger partial charge in [0.25, 0.3) is 0 Å². The molecule has 0 radical (unpaired) electrons. The van der Waals surface area contributed by atoms with E-state index in [0.29, 0.717) is 27.6 Å². The molecular formula is C15H19Cl3N2OS. The summed E-state index contributed by atoms with van der Waals surface area (Å²) in [5.41, 5.74) is 1.03. The third kappa shape index (κ3) is 4.24. The highest BCUT2D eigenvalue weighted by Crippen LogP contribution is 2.28. The van der Waals surface area contributed by atoms with Crippen LogP contribution >= 0.6 is 47.4 Å². The number of rotatable bonds is 4. The zero-order valence-corrected chi connectivity index (χ0v) is 15.2. The highest BCUT2D eigenvalue weighted by Gasteiger charge is 2.37. The van der Waals surface area contributed by atoms with E-state index in [1.165, 1.54) is 0 Å². The summed E-state index contributed by atoms with van der Waals surface area (Å²) in [6.07, 6.45) is 0. The second-order valence-electron chi connectivity index (χ2n) is 5.71. The Balaban J connectivity index is 0.00000176. The standard InChI is InChI=1S/C15H18Cl2N2OS.ClH/c16-13-2-1-10(14(17)3-13)8-21-9-15(20)19-6-11-4-18-5-12(11)7-19;/h1-3,11-12,18H,4-9H2;1H/t11-,12+;. The normalized spacial score (nSPS) is 23.3. The first-order valence-corrected chi connectivity index (χ1v) is 9.04. The van der Waals surface area contributed by atoms with Crippen LogP contribution in [0.25, 0.3) is 0 Å². The summed E-state index contributed by atoms with van der Waals surface area (Å²) in [7, 11) is 0. The molecule has 0 spiro atoms. The predicted octanol–water partition coefficient (Wildman–Crippen LogP) is 3.33. The van der Waals surface area contributed by atoms with Crippen LogP contribution in [0.2, 0.25) is 10.0 Å². The number of halogens is 3. The summed E-state index contributed by atoms with van der Waals surface area (Å²) in [4.78, 5) is 14.3. The Hall–Kier alpha value is -0.130. The number of thioether (sulfide) groups is 1. The van der Waals surface area contributed by atoms with E-state index in [9.17, 15) is 4.79 Å². The van der Waals surface area contributed by atoms with Crippen LogP contribution in [0.15, 0.2) is 18.2 Å². The van der Waals surface area contributed by atoms with Crippen molar-refractivity contribution in [1.82, 2.24) is 10.2 Å². The number of carbonyl (C=O) groups excluding carboxylic acids is 1. The number of carbonyl (C=O) groups is 1. The molecule has 2 aliphatic rings. The van der Waals surface area contributed by atoms with Crippen LogP contribution in [0.4, 0.5) is 0 Å². The molecule has 0 aromatic heterocycles. The molecular weight excluding hydrogens is 363 g/mol. The van der Waals surface area contributed by atoms with Crippen LogP contribution in [0.1, 0.15) is 5.56 Å². The van der Waals surface area contributed by atoms with Gasteiger partial charge in [0.2, 0.25) is 5.91 Å². The Bertz CT molecular complexity index is 532. The monoisotopic (exact) mass is 380 g/mol. The Labute approximate surface area is 151 Å². The summed E-state index contributed by atoms with van der Waals surface area (Å²) >= 11 is 13.6. The molecule has 3 rings (SSSR count). The third-order valence-corrected chi connectivity index (χ3v) is 5.79. The molecule has 2 atom stereocenters. The zero-order valence-electron chi connectivity index (χ0n) is 12.1. The first kappa shape index (κ1) is 18.2. The van der Waals surface area contributed by atoms with Gasteiger partial charge in [-0.25, -0.2) is 0 Å². The van der Waals surface area contributed by atoms with E-state index >= 15 is 0 Å². The summed E-state index contributed by atoms with van der Waals surface area (Å²) < 4.78 is 0. The van der Waals surface area contributed by atoms with Crippen molar-refractivity contribution in [1.29, 1.82) is 0 Å². The van der Waals surface area contributed by atoms with Gasteiger partial charge in [0, 0.05) is 42.0 Å². The number of benzene rings is 1. The topological polar surface area (TPSA) is 32.3 Å². The van der Waals surface area contributed by atoms with Crippen molar-refractivity contribution in [3.05, 3.63) is 33.8 Å². The van der Waals surface area contributed by atoms with Crippen LogP contribution in [-0.2, 0) is 10.5 Å². The molecule has 1 N–H and O–H groups in total. The van der Waals surface area contributed by atoms with Crippen molar-refractivity contribution in [3.8, 4) is 0 Å². The van der Waals surface area contributed by atoms with E-state index in [2.05, 4.69) is 5.32 Å². The Kier molecular flexibility index (Phi) is 6.72. The molecule has 0 saturated carbocycles. The largest absolute Gasteiger partial charge is 0.341 e. The average Bonchev–Trinajstić information content (AvgIpc) is 3.02. The number of nitrogens with zero attached hydrogens (tertiary/aromatic N) is 1.